The zero-order valence-corrected chi connectivity index (χ0v) is 14.7. The zero-order chi connectivity index (χ0) is 18.4. The van der Waals surface area contributed by atoms with Gasteiger partial charge < -0.3 is 20.7 Å². The third-order valence-corrected chi connectivity index (χ3v) is 3.80. The molecule has 25 heavy (non-hydrogen) atoms. The number of methoxy groups -OCH3 is 1. The van der Waals surface area contributed by atoms with Crippen molar-refractivity contribution in [2.45, 2.75) is 26.3 Å². The molecular weight excluding hydrogens is 324 g/mol. The predicted molar refractivity (Wildman–Crippen MR) is 94.6 cm³/mol. The van der Waals surface area contributed by atoms with Gasteiger partial charge in [0.25, 0.3) is 0 Å². The standard InChI is InChI=1S/C17H24N4O4/c1-11(2)10-14(20-17(24)25-3)15(22)19-12-4-6-13(7-5-12)21-9-8-18-16(21)23/h4-7,11,14H,8-10H2,1-3H3,(H,18,23)(H,19,22)(H,20,24)/t14-/m1/s1. The van der Waals surface area contributed by atoms with Gasteiger partial charge in [-0.2, -0.15) is 0 Å². The molecule has 0 unspecified atom stereocenters. The van der Waals surface area contributed by atoms with E-state index in [0.29, 0.717) is 25.2 Å². The van der Waals surface area contributed by atoms with Crippen LogP contribution in [0.4, 0.5) is 21.0 Å². The maximum atomic E-state index is 12.4. The van der Waals surface area contributed by atoms with Crippen molar-refractivity contribution in [3.63, 3.8) is 0 Å². The number of urea groups is 1. The molecule has 0 saturated carbocycles. The van der Waals surface area contributed by atoms with E-state index >= 15 is 0 Å². The molecule has 2 rings (SSSR count). The van der Waals surface area contributed by atoms with Gasteiger partial charge in [0, 0.05) is 24.5 Å². The average molecular weight is 348 g/mol. The van der Waals surface area contributed by atoms with Gasteiger partial charge >= 0.3 is 12.1 Å². The lowest BCUT2D eigenvalue weighted by atomic mass is 10.0. The van der Waals surface area contributed by atoms with E-state index in [0.717, 1.165) is 5.69 Å². The number of nitrogens with one attached hydrogen (secondary N) is 3. The summed E-state index contributed by atoms with van der Waals surface area (Å²) in [5.41, 5.74) is 1.35. The van der Waals surface area contributed by atoms with E-state index < -0.39 is 12.1 Å². The smallest absolute Gasteiger partial charge is 0.407 e. The number of anilines is 2. The summed E-state index contributed by atoms with van der Waals surface area (Å²) in [7, 11) is 1.26. The summed E-state index contributed by atoms with van der Waals surface area (Å²) in [4.78, 5) is 37.1. The molecule has 1 atom stereocenters. The fourth-order valence-electron chi connectivity index (χ4n) is 2.58. The topological polar surface area (TPSA) is 99.8 Å². The van der Waals surface area contributed by atoms with E-state index in [2.05, 4.69) is 20.7 Å². The van der Waals surface area contributed by atoms with Crippen LogP contribution in [0.15, 0.2) is 24.3 Å². The minimum atomic E-state index is -0.684. The Labute approximate surface area is 146 Å². The Morgan fingerprint density at radius 1 is 1.28 bits per heavy atom. The number of amides is 4. The lowest BCUT2D eigenvalue weighted by Crippen LogP contribution is -2.44. The van der Waals surface area contributed by atoms with Gasteiger partial charge in [0.05, 0.1) is 7.11 Å². The van der Waals surface area contributed by atoms with Gasteiger partial charge in [-0.15, -0.1) is 0 Å². The zero-order valence-electron chi connectivity index (χ0n) is 14.7. The maximum absolute atomic E-state index is 12.4. The Hall–Kier alpha value is -2.77. The summed E-state index contributed by atoms with van der Waals surface area (Å²) >= 11 is 0. The number of hydrogen-bond donors (Lipinski definition) is 3. The Morgan fingerprint density at radius 3 is 2.48 bits per heavy atom. The van der Waals surface area contributed by atoms with Crippen LogP contribution in [0.1, 0.15) is 20.3 Å². The molecule has 1 fully saturated rings. The number of benzene rings is 1. The van der Waals surface area contributed by atoms with Crippen LogP contribution in [0.2, 0.25) is 0 Å². The van der Waals surface area contributed by atoms with Crippen LogP contribution in [0.3, 0.4) is 0 Å². The van der Waals surface area contributed by atoms with Crippen molar-refractivity contribution in [3.8, 4) is 0 Å². The summed E-state index contributed by atoms with van der Waals surface area (Å²) in [6, 6.07) is 6.18. The number of carbonyl (C=O) groups is 3. The highest BCUT2D eigenvalue weighted by Gasteiger charge is 2.23. The molecule has 8 heteroatoms. The highest BCUT2D eigenvalue weighted by Crippen LogP contribution is 2.20. The van der Waals surface area contributed by atoms with E-state index in [1.54, 1.807) is 29.2 Å². The molecule has 1 aliphatic rings. The van der Waals surface area contributed by atoms with Gasteiger partial charge in [-0.25, -0.2) is 9.59 Å². The minimum Gasteiger partial charge on any atom is -0.453 e. The lowest BCUT2D eigenvalue weighted by molar-refractivity contribution is -0.118. The quantitative estimate of drug-likeness (QED) is 0.731. The van der Waals surface area contributed by atoms with Crippen molar-refractivity contribution in [2.24, 2.45) is 5.92 Å². The number of ether oxygens (including phenoxy) is 1. The second kappa shape index (κ2) is 8.36. The molecule has 1 aromatic rings. The molecule has 0 radical (unpaired) electrons. The summed E-state index contributed by atoms with van der Waals surface area (Å²) in [6.07, 6.45) is -0.149. The number of carbonyl (C=O) groups excluding carboxylic acids is 3. The molecule has 0 spiro atoms. The van der Waals surface area contributed by atoms with Crippen molar-refractivity contribution >= 4 is 29.4 Å². The molecule has 1 aliphatic heterocycles. The Kier molecular flexibility index (Phi) is 6.21. The molecule has 0 aromatic heterocycles. The SMILES string of the molecule is COC(=O)N[C@H](CC(C)C)C(=O)Nc1ccc(N2CCNC2=O)cc1. The fourth-order valence-corrected chi connectivity index (χ4v) is 2.58. The normalized spacial score (nSPS) is 14.9. The fraction of sp³-hybridized carbons (Fsp3) is 0.471. The predicted octanol–water partition coefficient (Wildman–Crippen LogP) is 1.93. The number of nitrogens with zero attached hydrogens (tertiary/aromatic N) is 1. The first kappa shape index (κ1) is 18.6. The van der Waals surface area contributed by atoms with E-state index in [4.69, 9.17) is 0 Å². The van der Waals surface area contributed by atoms with E-state index in [9.17, 15) is 14.4 Å². The number of alkyl carbamates (subject to hydrolysis) is 1. The highest BCUT2D eigenvalue weighted by atomic mass is 16.5. The molecule has 4 amide bonds. The average Bonchev–Trinajstić information content (AvgIpc) is 3.00. The van der Waals surface area contributed by atoms with Crippen molar-refractivity contribution in [1.29, 1.82) is 0 Å². The first-order valence-electron chi connectivity index (χ1n) is 8.21. The molecule has 1 saturated heterocycles. The van der Waals surface area contributed by atoms with E-state index in [1.807, 2.05) is 13.8 Å². The molecule has 0 aliphatic carbocycles. The summed E-state index contributed by atoms with van der Waals surface area (Å²) in [5.74, 6) is -0.0882. The van der Waals surface area contributed by atoms with Crippen molar-refractivity contribution < 1.29 is 19.1 Å². The number of rotatable bonds is 6. The molecule has 1 aromatic carbocycles. The number of hydrogen-bond acceptors (Lipinski definition) is 4. The maximum Gasteiger partial charge on any atom is 0.407 e. The van der Waals surface area contributed by atoms with Gasteiger partial charge in [-0.05, 0) is 36.6 Å². The molecular formula is C17H24N4O4. The van der Waals surface area contributed by atoms with Crippen molar-refractivity contribution in [1.82, 2.24) is 10.6 Å². The Morgan fingerprint density at radius 2 is 1.96 bits per heavy atom. The third kappa shape index (κ3) is 5.10. The van der Waals surface area contributed by atoms with Crippen LogP contribution in [-0.4, -0.2) is 44.3 Å². The van der Waals surface area contributed by atoms with Crippen LogP contribution >= 0.6 is 0 Å². The van der Waals surface area contributed by atoms with Gasteiger partial charge in [-0.1, -0.05) is 13.8 Å². The largest absolute Gasteiger partial charge is 0.453 e. The summed E-state index contributed by atoms with van der Waals surface area (Å²) in [6.45, 7) is 5.17. The van der Waals surface area contributed by atoms with Crippen LogP contribution in [0.25, 0.3) is 0 Å². The first-order valence-corrected chi connectivity index (χ1v) is 8.21. The van der Waals surface area contributed by atoms with Gasteiger partial charge in [-0.3, -0.25) is 9.69 Å². The lowest BCUT2D eigenvalue weighted by Gasteiger charge is -2.20. The molecule has 3 N–H and O–H groups in total. The van der Waals surface area contributed by atoms with Crippen LogP contribution in [0.5, 0.6) is 0 Å². The van der Waals surface area contributed by atoms with Gasteiger partial charge in [0.2, 0.25) is 5.91 Å². The van der Waals surface area contributed by atoms with Crippen LogP contribution in [0, 0.1) is 5.92 Å². The van der Waals surface area contributed by atoms with Crippen molar-refractivity contribution in [2.75, 3.05) is 30.4 Å². The summed E-state index contributed by atoms with van der Waals surface area (Å²) < 4.78 is 4.57. The third-order valence-electron chi connectivity index (χ3n) is 3.80. The molecule has 8 nitrogen and oxygen atoms in total. The Bertz CT molecular complexity index is 630. The summed E-state index contributed by atoms with van der Waals surface area (Å²) in [5, 5.41) is 8.06. The minimum absolute atomic E-state index is 0.129. The molecule has 1 heterocycles. The van der Waals surface area contributed by atoms with Crippen LogP contribution < -0.4 is 20.9 Å². The van der Waals surface area contributed by atoms with E-state index in [1.165, 1.54) is 7.11 Å². The molecule has 136 valence electrons. The van der Waals surface area contributed by atoms with E-state index in [-0.39, 0.29) is 17.9 Å². The van der Waals surface area contributed by atoms with Crippen molar-refractivity contribution in [3.05, 3.63) is 24.3 Å². The Balaban J connectivity index is 2.01. The van der Waals surface area contributed by atoms with Gasteiger partial charge in [0.15, 0.2) is 0 Å². The first-order chi connectivity index (χ1) is 11.9. The second-order valence-corrected chi connectivity index (χ2v) is 6.24. The van der Waals surface area contributed by atoms with Crippen LogP contribution in [-0.2, 0) is 9.53 Å². The highest BCUT2D eigenvalue weighted by molar-refractivity contribution is 5.97. The molecule has 0 bridgehead atoms. The second-order valence-electron chi connectivity index (χ2n) is 6.24. The monoisotopic (exact) mass is 348 g/mol. The van der Waals surface area contributed by atoms with Gasteiger partial charge in [0.1, 0.15) is 6.04 Å².